The van der Waals surface area contributed by atoms with Gasteiger partial charge in [0.2, 0.25) is 0 Å². The summed E-state index contributed by atoms with van der Waals surface area (Å²) in [4.78, 5) is 3.28. The molecule has 1 nitrogen and oxygen atoms in total. The molecule has 0 atom stereocenters. The zero-order valence-corrected chi connectivity index (χ0v) is 11.3. The van der Waals surface area contributed by atoms with Crippen molar-refractivity contribution in [3.63, 3.8) is 0 Å². The number of para-hydroxylation sites is 1. The smallest absolute Gasteiger partial charge is 0.0460 e. The van der Waals surface area contributed by atoms with E-state index in [2.05, 4.69) is 63.4 Å². The van der Waals surface area contributed by atoms with Gasteiger partial charge in [0.25, 0.3) is 0 Å². The highest BCUT2D eigenvalue weighted by Crippen LogP contribution is 2.22. The van der Waals surface area contributed by atoms with Crippen molar-refractivity contribution in [3.05, 3.63) is 70.3 Å². The molecule has 2 heteroatoms. The summed E-state index contributed by atoms with van der Waals surface area (Å²) in [5, 5.41) is 1.25. The molecule has 0 spiro atoms. The lowest BCUT2D eigenvalue weighted by molar-refractivity contribution is 1.47. The molecule has 0 bridgehead atoms. The monoisotopic (exact) mass is 297 g/mol. The standard InChI is InChI=1S/C16H12BrN/c17-15-7-3-1-5-12(15)9-10-13-11-18-16-8-4-2-6-14(13)16/h1-11,18H/b10-9+. The molecule has 0 radical (unpaired) electrons. The second kappa shape index (κ2) is 4.83. The molecule has 0 fully saturated rings. The summed E-state index contributed by atoms with van der Waals surface area (Å²) in [6.07, 6.45) is 6.30. The van der Waals surface area contributed by atoms with Crippen LogP contribution < -0.4 is 0 Å². The minimum atomic E-state index is 1.11. The summed E-state index contributed by atoms with van der Waals surface area (Å²) < 4.78 is 1.11. The summed E-state index contributed by atoms with van der Waals surface area (Å²) in [6.45, 7) is 0. The van der Waals surface area contributed by atoms with E-state index in [4.69, 9.17) is 0 Å². The van der Waals surface area contributed by atoms with Crippen molar-refractivity contribution in [2.45, 2.75) is 0 Å². The highest BCUT2D eigenvalue weighted by atomic mass is 79.9. The number of nitrogens with one attached hydrogen (secondary N) is 1. The summed E-state index contributed by atoms with van der Waals surface area (Å²) >= 11 is 3.55. The molecule has 0 unspecified atom stereocenters. The van der Waals surface area contributed by atoms with Gasteiger partial charge in [-0.1, -0.05) is 64.5 Å². The lowest BCUT2D eigenvalue weighted by Gasteiger charge is -1.96. The summed E-state index contributed by atoms with van der Waals surface area (Å²) in [7, 11) is 0. The molecular weight excluding hydrogens is 286 g/mol. The van der Waals surface area contributed by atoms with Gasteiger partial charge in [-0.3, -0.25) is 0 Å². The van der Waals surface area contributed by atoms with Gasteiger partial charge in [0.1, 0.15) is 0 Å². The van der Waals surface area contributed by atoms with Crippen molar-refractivity contribution < 1.29 is 0 Å². The number of fused-ring (bicyclic) bond motifs is 1. The number of hydrogen-bond acceptors (Lipinski definition) is 0. The molecule has 0 aliphatic rings. The Morgan fingerprint density at radius 2 is 1.56 bits per heavy atom. The zero-order chi connectivity index (χ0) is 12.4. The van der Waals surface area contributed by atoms with Crippen LogP contribution in [0.4, 0.5) is 0 Å². The topological polar surface area (TPSA) is 15.8 Å². The Hall–Kier alpha value is -1.80. The molecule has 0 aliphatic carbocycles. The summed E-state index contributed by atoms with van der Waals surface area (Å²) in [5.41, 5.74) is 3.56. The second-order valence-electron chi connectivity index (χ2n) is 4.14. The van der Waals surface area contributed by atoms with Gasteiger partial charge < -0.3 is 4.98 Å². The van der Waals surface area contributed by atoms with Crippen molar-refractivity contribution in [1.29, 1.82) is 0 Å². The minimum absolute atomic E-state index is 1.11. The number of hydrogen-bond donors (Lipinski definition) is 1. The van der Waals surface area contributed by atoms with E-state index in [1.165, 1.54) is 22.0 Å². The first-order valence-electron chi connectivity index (χ1n) is 5.83. The number of halogens is 1. The number of aromatic nitrogens is 1. The SMILES string of the molecule is Brc1ccccc1/C=C/c1c[nH]c2ccccc12. The van der Waals surface area contributed by atoms with Crippen LogP contribution in [0.5, 0.6) is 0 Å². The van der Waals surface area contributed by atoms with Crippen LogP contribution in [-0.2, 0) is 0 Å². The van der Waals surface area contributed by atoms with E-state index < -0.39 is 0 Å². The number of benzene rings is 2. The molecule has 0 amide bonds. The van der Waals surface area contributed by atoms with Crippen molar-refractivity contribution in [3.8, 4) is 0 Å². The van der Waals surface area contributed by atoms with Gasteiger partial charge in [-0.05, 0) is 23.3 Å². The van der Waals surface area contributed by atoms with E-state index >= 15 is 0 Å². The third-order valence-corrected chi connectivity index (χ3v) is 3.69. The van der Waals surface area contributed by atoms with Crippen molar-refractivity contribution in [2.75, 3.05) is 0 Å². The maximum Gasteiger partial charge on any atom is 0.0460 e. The Labute approximate surface area is 114 Å². The number of rotatable bonds is 2. The molecule has 0 aliphatic heterocycles. The average Bonchev–Trinajstić information content (AvgIpc) is 2.81. The number of aromatic amines is 1. The predicted molar refractivity (Wildman–Crippen MR) is 81.4 cm³/mol. The van der Waals surface area contributed by atoms with E-state index in [1.807, 2.05) is 24.4 Å². The summed E-state index contributed by atoms with van der Waals surface area (Å²) in [5.74, 6) is 0. The zero-order valence-electron chi connectivity index (χ0n) is 9.73. The molecule has 3 rings (SSSR count). The van der Waals surface area contributed by atoms with Crippen LogP contribution >= 0.6 is 15.9 Å². The van der Waals surface area contributed by atoms with Crippen LogP contribution in [0.1, 0.15) is 11.1 Å². The van der Waals surface area contributed by atoms with Gasteiger partial charge in [0, 0.05) is 21.6 Å². The van der Waals surface area contributed by atoms with Gasteiger partial charge in [-0.2, -0.15) is 0 Å². The molecule has 2 aromatic carbocycles. The Balaban J connectivity index is 2.00. The van der Waals surface area contributed by atoms with Gasteiger partial charge in [0.15, 0.2) is 0 Å². The first-order valence-corrected chi connectivity index (χ1v) is 6.62. The van der Waals surface area contributed by atoms with Crippen molar-refractivity contribution in [2.24, 2.45) is 0 Å². The lowest BCUT2D eigenvalue weighted by Crippen LogP contribution is -1.73. The second-order valence-corrected chi connectivity index (χ2v) is 5.00. The maximum absolute atomic E-state index is 3.55. The Morgan fingerprint density at radius 3 is 2.44 bits per heavy atom. The molecule has 1 heterocycles. The van der Waals surface area contributed by atoms with Gasteiger partial charge >= 0.3 is 0 Å². The van der Waals surface area contributed by atoms with Crippen LogP contribution in [0.15, 0.2) is 59.2 Å². The fourth-order valence-electron chi connectivity index (χ4n) is 2.02. The third-order valence-electron chi connectivity index (χ3n) is 2.97. The molecule has 18 heavy (non-hydrogen) atoms. The van der Waals surface area contributed by atoms with Gasteiger partial charge in [0.05, 0.1) is 0 Å². The van der Waals surface area contributed by atoms with Crippen molar-refractivity contribution in [1.82, 2.24) is 4.98 Å². The summed E-state index contributed by atoms with van der Waals surface area (Å²) in [6, 6.07) is 16.5. The van der Waals surface area contributed by atoms with Gasteiger partial charge in [-0.25, -0.2) is 0 Å². The van der Waals surface area contributed by atoms with Crippen LogP contribution in [0.2, 0.25) is 0 Å². The average molecular weight is 298 g/mol. The van der Waals surface area contributed by atoms with E-state index in [0.29, 0.717) is 0 Å². The van der Waals surface area contributed by atoms with Crippen LogP contribution in [0.3, 0.4) is 0 Å². The molecule has 1 N–H and O–H groups in total. The van der Waals surface area contributed by atoms with Crippen LogP contribution in [-0.4, -0.2) is 4.98 Å². The van der Waals surface area contributed by atoms with E-state index in [1.54, 1.807) is 0 Å². The molecular formula is C16H12BrN. The minimum Gasteiger partial charge on any atom is -0.361 e. The Kier molecular flexibility index (Phi) is 3.03. The molecule has 3 aromatic rings. The largest absolute Gasteiger partial charge is 0.361 e. The van der Waals surface area contributed by atoms with E-state index in [0.717, 1.165) is 4.47 Å². The predicted octanol–water partition coefficient (Wildman–Crippen LogP) is 5.10. The normalized spacial score (nSPS) is 11.4. The molecule has 88 valence electrons. The Bertz CT molecular complexity index is 710. The van der Waals surface area contributed by atoms with Crippen LogP contribution in [0.25, 0.3) is 23.1 Å². The first kappa shape index (κ1) is 11.3. The first-order chi connectivity index (χ1) is 8.84. The fourth-order valence-corrected chi connectivity index (χ4v) is 2.44. The van der Waals surface area contributed by atoms with Crippen LogP contribution in [0, 0.1) is 0 Å². The Morgan fingerprint density at radius 1 is 0.833 bits per heavy atom. The highest BCUT2D eigenvalue weighted by molar-refractivity contribution is 9.10. The molecule has 0 saturated carbocycles. The maximum atomic E-state index is 3.55. The van der Waals surface area contributed by atoms with E-state index in [-0.39, 0.29) is 0 Å². The van der Waals surface area contributed by atoms with Gasteiger partial charge in [-0.15, -0.1) is 0 Å². The third kappa shape index (κ3) is 2.12. The number of H-pyrrole nitrogens is 1. The van der Waals surface area contributed by atoms with Crippen molar-refractivity contribution >= 4 is 39.0 Å². The van der Waals surface area contributed by atoms with E-state index in [9.17, 15) is 0 Å². The molecule has 1 aromatic heterocycles. The quantitative estimate of drug-likeness (QED) is 0.677. The molecule has 0 saturated heterocycles. The highest BCUT2D eigenvalue weighted by Gasteiger charge is 1.99. The fraction of sp³-hybridized carbons (Fsp3) is 0. The lowest BCUT2D eigenvalue weighted by atomic mass is 10.1.